The molecule has 0 aliphatic carbocycles. The first-order valence-electron chi connectivity index (χ1n) is 6.30. The van der Waals surface area contributed by atoms with Gasteiger partial charge in [-0.05, 0) is 31.5 Å². The Hall–Kier alpha value is -1.65. The lowest BCUT2D eigenvalue weighted by molar-refractivity contribution is 0.241. The molecule has 0 bridgehead atoms. The van der Waals surface area contributed by atoms with Crippen LogP contribution >= 0.6 is 11.6 Å². The molecule has 1 aromatic heterocycles. The highest BCUT2D eigenvalue weighted by Gasteiger charge is 2.16. The molecule has 5 heteroatoms. The van der Waals surface area contributed by atoms with Crippen molar-refractivity contribution in [3.8, 4) is 5.75 Å². The van der Waals surface area contributed by atoms with Crippen molar-refractivity contribution >= 4 is 11.6 Å². The van der Waals surface area contributed by atoms with Crippen molar-refractivity contribution in [2.24, 2.45) is 5.73 Å². The maximum absolute atomic E-state index is 14.0. The van der Waals surface area contributed by atoms with Gasteiger partial charge in [0.2, 0.25) is 0 Å². The fourth-order valence-electron chi connectivity index (χ4n) is 1.88. The molecule has 3 nitrogen and oxygen atoms in total. The number of hydrogen-bond donors (Lipinski definition) is 1. The van der Waals surface area contributed by atoms with Gasteiger partial charge in [-0.15, -0.1) is 0 Å². The van der Waals surface area contributed by atoms with Gasteiger partial charge in [0, 0.05) is 11.8 Å². The van der Waals surface area contributed by atoms with Crippen LogP contribution < -0.4 is 10.5 Å². The summed E-state index contributed by atoms with van der Waals surface area (Å²) in [5.41, 5.74) is 7.10. The van der Waals surface area contributed by atoms with Crippen LogP contribution in [0.3, 0.4) is 0 Å². The van der Waals surface area contributed by atoms with Crippen LogP contribution in [-0.2, 0) is 0 Å². The van der Waals surface area contributed by atoms with Gasteiger partial charge >= 0.3 is 0 Å². The van der Waals surface area contributed by atoms with E-state index in [0.29, 0.717) is 16.9 Å². The summed E-state index contributed by atoms with van der Waals surface area (Å²) in [6.45, 7) is 3.84. The predicted molar refractivity (Wildman–Crippen MR) is 77.4 cm³/mol. The van der Waals surface area contributed by atoms with E-state index in [9.17, 15) is 4.39 Å². The topological polar surface area (TPSA) is 48.1 Å². The molecule has 0 amide bonds. The molecule has 0 aliphatic rings. The minimum absolute atomic E-state index is 0.0335. The second kappa shape index (κ2) is 6.20. The molecular formula is C15H16ClFN2O. The molecule has 2 rings (SSSR count). The average Bonchev–Trinajstić information content (AvgIpc) is 2.41. The number of hydrogen-bond acceptors (Lipinski definition) is 3. The number of nitrogens with zero attached hydrogens (tertiary/aromatic N) is 1. The molecule has 1 aromatic carbocycles. The standard InChI is InChI=1S/C15H16ClFN2O/c1-9(2)20-11-6-10(7-19-8-11)15(18)12-4-3-5-13(16)14(12)17/h3-9,15H,18H2,1-2H3. The van der Waals surface area contributed by atoms with Crippen molar-refractivity contribution in [1.29, 1.82) is 0 Å². The molecule has 0 fully saturated rings. The van der Waals surface area contributed by atoms with Crippen molar-refractivity contribution in [2.75, 3.05) is 0 Å². The van der Waals surface area contributed by atoms with Gasteiger partial charge in [-0.25, -0.2) is 4.39 Å². The van der Waals surface area contributed by atoms with Crippen LogP contribution in [-0.4, -0.2) is 11.1 Å². The number of halogens is 2. The number of benzene rings is 1. The fourth-order valence-corrected chi connectivity index (χ4v) is 2.06. The SMILES string of the molecule is CC(C)Oc1cncc(C(N)c2cccc(Cl)c2F)c1. The number of pyridine rings is 1. The van der Waals surface area contributed by atoms with E-state index in [1.54, 1.807) is 30.6 Å². The zero-order chi connectivity index (χ0) is 14.7. The zero-order valence-electron chi connectivity index (χ0n) is 11.3. The minimum Gasteiger partial charge on any atom is -0.489 e. The van der Waals surface area contributed by atoms with Gasteiger partial charge in [0.05, 0.1) is 23.4 Å². The third-order valence-electron chi connectivity index (χ3n) is 2.78. The summed E-state index contributed by atoms with van der Waals surface area (Å²) >= 11 is 5.77. The van der Waals surface area contributed by atoms with Crippen molar-refractivity contribution < 1.29 is 9.13 Å². The maximum Gasteiger partial charge on any atom is 0.146 e. The summed E-state index contributed by atoms with van der Waals surface area (Å²) < 4.78 is 19.5. The monoisotopic (exact) mass is 294 g/mol. The van der Waals surface area contributed by atoms with E-state index in [2.05, 4.69) is 4.98 Å². The van der Waals surface area contributed by atoms with Gasteiger partial charge in [-0.3, -0.25) is 4.98 Å². The van der Waals surface area contributed by atoms with E-state index in [0.717, 1.165) is 0 Å². The van der Waals surface area contributed by atoms with Crippen molar-refractivity contribution in [1.82, 2.24) is 4.98 Å². The van der Waals surface area contributed by atoms with Crippen LogP contribution in [0.15, 0.2) is 36.7 Å². The molecule has 2 aromatic rings. The number of nitrogens with two attached hydrogens (primary N) is 1. The molecule has 0 spiro atoms. The lowest BCUT2D eigenvalue weighted by atomic mass is 10.0. The smallest absolute Gasteiger partial charge is 0.146 e. The fraction of sp³-hybridized carbons (Fsp3) is 0.267. The van der Waals surface area contributed by atoms with E-state index in [1.807, 2.05) is 13.8 Å². The van der Waals surface area contributed by atoms with Crippen molar-refractivity contribution in [3.63, 3.8) is 0 Å². The Bertz CT molecular complexity index is 604. The molecule has 1 heterocycles. The summed E-state index contributed by atoms with van der Waals surface area (Å²) in [4.78, 5) is 4.08. The molecule has 106 valence electrons. The molecule has 1 unspecified atom stereocenters. The van der Waals surface area contributed by atoms with E-state index in [4.69, 9.17) is 22.1 Å². The second-order valence-corrected chi connectivity index (χ2v) is 5.15. The van der Waals surface area contributed by atoms with E-state index in [1.165, 1.54) is 6.07 Å². The Labute approximate surface area is 122 Å². The summed E-state index contributed by atoms with van der Waals surface area (Å²) in [7, 11) is 0. The van der Waals surface area contributed by atoms with Gasteiger partial charge in [-0.1, -0.05) is 23.7 Å². The molecule has 1 atom stereocenters. The molecular weight excluding hydrogens is 279 g/mol. The average molecular weight is 295 g/mol. The highest BCUT2D eigenvalue weighted by atomic mass is 35.5. The van der Waals surface area contributed by atoms with Gasteiger partial charge < -0.3 is 10.5 Å². The summed E-state index contributed by atoms with van der Waals surface area (Å²) in [6.07, 6.45) is 3.23. The third kappa shape index (κ3) is 3.26. The quantitative estimate of drug-likeness (QED) is 0.935. The Morgan fingerprint density at radius 2 is 2.05 bits per heavy atom. The van der Waals surface area contributed by atoms with Crippen LogP contribution in [0, 0.1) is 5.82 Å². The van der Waals surface area contributed by atoms with Gasteiger partial charge in [0.25, 0.3) is 0 Å². The second-order valence-electron chi connectivity index (χ2n) is 4.74. The Kier molecular flexibility index (Phi) is 4.57. The van der Waals surface area contributed by atoms with Crippen LogP contribution in [0.25, 0.3) is 0 Å². The Morgan fingerprint density at radius 1 is 1.30 bits per heavy atom. The highest BCUT2D eigenvalue weighted by Crippen LogP contribution is 2.27. The van der Waals surface area contributed by atoms with E-state index in [-0.39, 0.29) is 11.1 Å². The molecule has 0 saturated heterocycles. The molecule has 0 saturated carbocycles. The Balaban J connectivity index is 2.33. The van der Waals surface area contributed by atoms with Crippen LogP contribution in [0.4, 0.5) is 4.39 Å². The first-order chi connectivity index (χ1) is 9.49. The normalized spacial score (nSPS) is 12.5. The van der Waals surface area contributed by atoms with E-state index < -0.39 is 11.9 Å². The van der Waals surface area contributed by atoms with Crippen LogP contribution in [0.5, 0.6) is 5.75 Å². The van der Waals surface area contributed by atoms with Gasteiger partial charge in [0.1, 0.15) is 11.6 Å². The Morgan fingerprint density at radius 3 is 2.75 bits per heavy atom. The summed E-state index contributed by atoms with van der Waals surface area (Å²) in [5.74, 6) is 0.104. The molecule has 20 heavy (non-hydrogen) atoms. The van der Waals surface area contributed by atoms with Gasteiger partial charge in [-0.2, -0.15) is 0 Å². The maximum atomic E-state index is 14.0. The predicted octanol–water partition coefficient (Wildman–Crippen LogP) is 3.71. The first-order valence-corrected chi connectivity index (χ1v) is 6.68. The number of aromatic nitrogens is 1. The van der Waals surface area contributed by atoms with Crippen LogP contribution in [0.2, 0.25) is 5.02 Å². The first kappa shape index (κ1) is 14.8. The van der Waals surface area contributed by atoms with Gasteiger partial charge in [0.15, 0.2) is 0 Å². The molecule has 0 radical (unpaired) electrons. The summed E-state index contributed by atoms with van der Waals surface area (Å²) in [5, 5.41) is 0.0560. The zero-order valence-corrected chi connectivity index (χ0v) is 12.1. The minimum atomic E-state index is -0.642. The van der Waals surface area contributed by atoms with E-state index >= 15 is 0 Å². The van der Waals surface area contributed by atoms with Crippen molar-refractivity contribution in [2.45, 2.75) is 26.0 Å². The largest absolute Gasteiger partial charge is 0.489 e. The lowest BCUT2D eigenvalue weighted by Gasteiger charge is -2.16. The highest BCUT2D eigenvalue weighted by molar-refractivity contribution is 6.30. The lowest BCUT2D eigenvalue weighted by Crippen LogP contribution is -2.15. The van der Waals surface area contributed by atoms with Crippen LogP contribution in [0.1, 0.15) is 31.0 Å². The molecule has 2 N–H and O–H groups in total. The summed E-state index contributed by atoms with van der Waals surface area (Å²) in [6, 6.07) is 5.89. The number of rotatable bonds is 4. The van der Waals surface area contributed by atoms with Crippen molar-refractivity contribution in [3.05, 3.63) is 58.6 Å². The third-order valence-corrected chi connectivity index (χ3v) is 3.07. The molecule has 0 aliphatic heterocycles. The number of ether oxygens (including phenoxy) is 1.